The molecule has 1 aromatic rings. The van der Waals surface area contributed by atoms with Crippen LogP contribution < -0.4 is 5.32 Å². The van der Waals surface area contributed by atoms with Gasteiger partial charge in [0, 0.05) is 19.6 Å². The zero-order valence-electron chi connectivity index (χ0n) is 10.3. The Morgan fingerprint density at radius 1 is 1.44 bits per heavy atom. The van der Waals surface area contributed by atoms with Crippen molar-refractivity contribution in [3.05, 3.63) is 11.7 Å². The minimum absolute atomic E-state index is 0.0482. The Morgan fingerprint density at radius 3 is 2.67 bits per heavy atom. The first-order valence-electron chi connectivity index (χ1n) is 5.59. The van der Waals surface area contributed by atoms with E-state index in [1.54, 1.807) is 0 Å². The van der Waals surface area contributed by atoms with Crippen molar-refractivity contribution in [3.63, 3.8) is 0 Å². The zero-order chi connectivity index (χ0) is 13.6. The summed E-state index contributed by atoms with van der Waals surface area (Å²) >= 11 is 0. The van der Waals surface area contributed by atoms with Crippen LogP contribution in [-0.2, 0) is 17.3 Å². The molecule has 0 amide bonds. The second kappa shape index (κ2) is 6.69. The minimum atomic E-state index is -4.57. The lowest BCUT2D eigenvalue weighted by Gasteiger charge is -2.15. The van der Waals surface area contributed by atoms with Crippen LogP contribution in [0.2, 0.25) is 0 Å². The Morgan fingerprint density at radius 2 is 2.17 bits per heavy atom. The van der Waals surface area contributed by atoms with Crippen molar-refractivity contribution in [2.24, 2.45) is 0 Å². The number of rotatable bonds is 7. The Labute approximate surface area is 103 Å². The van der Waals surface area contributed by atoms with E-state index in [1.165, 1.54) is 7.11 Å². The molecule has 0 aromatic carbocycles. The highest BCUT2D eigenvalue weighted by molar-refractivity contribution is 4.93. The molecule has 104 valence electrons. The third kappa shape index (κ3) is 4.61. The Hall–Kier alpha value is -1.15. The molecule has 1 atom stereocenters. The Bertz CT molecular complexity index is 354. The lowest BCUT2D eigenvalue weighted by Crippen LogP contribution is -2.35. The van der Waals surface area contributed by atoms with E-state index < -0.39 is 12.0 Å². The van der Waals surface area contributed by atoms with Crippen molar-refractivity contribution in [2.75, 3.05) is 20.3 Å². The van der Waals surface area contributed by atoms with Gasteiger partial charge in [0.2, 0.25) is 5.89 Å². The molecule has 1 heterocycles. The van der Waals surface area contributed by atoms with Crippen LogP contribution in [0.4, 0.5) is 13.2 Å². The number of hydrogen-bond acceptors (Lipinski definition) is 5. The fraction of sp³-hybridized carbons (Fsp3) is 0.800. The van der Waals surface area contributed by atoms with Gasteiger partial charge >= 0.3 is 6.18 Å². The SMILES string of the molecule is CCCNC(COC)Cc1nc(C(F)(F)F)no1. The number of halogens is 3. The largest absolute Gasteiger partial charge is 0.455 e. The molecule has 0 fully saturated rings. The highest BCUT2D eigenvalue weighted by atomic mass is 19.4. The van der Waals surface area contributed by atoms with Crippen molar-refractivity contribution < 1.29 is 22.4 Å². The van der Waals surface area contributed by atoms with Gasteiger partial charge < -0.3 is 14.6 Å². The number of nitrogens with zero attached hydrogens (tertiary/aromatic N) is 2. The van der Waals surface area contributed by atoms with Crippen molar-refractivity contribution in [2.45, 2.75) is 32.0 Å². The predicted molar refractivity (Wildman–Crippen MR) is 57.0 cm³/mol. The van der Waals surface area contributed by atoms with E-state index in [1.807, 2.05) is 6.92 Å². The lowest BCUT2D eigenvalue weighted by atomic mass is 10.2. The van der Waals surface area contributed by atoms with E-state index in [-0.39, 0.29) is 18.4 Å². The molecule has 0 saturated heterocycles. The molecule has 0 spiro atoms. The molecule has 0 aliphatic carbocycles. The maximum atomic E-state index is 12.3. The molecular formula is C10H16F3N3O2. The van der Waals surface area contributed by atoms with Crippen LogP contribution in [0, 0.1) is 0 Å². The average molecular weight is 267 g/mol. The second-order valence-corrected chi connectivity index (χ2v) is 3.82. The lowest BCUT2D eigenvalue weighted by molar-refractivity contribution is -0.146. The monoisotopic (exact) mass is 267 g/mol. The van der Waals surface area contributed by atoms with E-state index in [4.69, 9.17) is 4.74 Å². The van der Waals surface area contributed by atoms with Crippen LogP contribution >= 0.6 is 0 Å². The first-order chi connectivity index (χ1) is 8.47. The van der Waals surface area contributed by atoms with Crippen LogP contribution in [0.5, 0.6) is 0 Å². The third-order valence-corrected chi connectivity index (χ3v) is 2.19. The standard InChI is InChI=1S/C10H16F3N3O2/c1-3-4-14-7(6-17-2)5-8-15-9(16-18-8)10(11,12)13/h7,14H,3-6H2,1-2H3. The van der Waals surface area contributed by atoms with Crippen molar-refractivity contribution in [3.8, 4) is 0 Å². The summed E-state index contributed by atoms with van der Waals surface area (Å²) in [4.78, 5) is 3.31. The Kier molecular flexibility index (Phi) is 5.54. The van der Waals surface area contributed by atoms with E-state index in [0.717, 1.165) is 13.0 Å². The normalized spacial score (nSPS) is 13.8. The predicted octanol–water partition coefficient (Wildman–Crippen LogP) is 1.65. The fourth-order valence-corrected chi connectivity index (χ4v) is 1.40. The second-order valence-electron chi connectivity index (χ2n) is 3.82. The molecule has 1 aromatic heterocycles. The molecule has 0 saturated carbocycles. The van der Waals surface area contributed by atoms with Gasteiger partial charge in [-0.15, -0.1) is 0 Å². The van der Waals surface area contributed by atoms with Crippen LogP contribution in [0.1, 0.15) is 25.1 Å². The van der Waals surface area contributed by atoms with Gasteiger partial charge in [0.25, 0.3) is 5.82 Å². The molecule has 1 unspecified atom stereocenters. The summed E-state index contributed by atoms with van der Waals surface area (Å²) in [5, 5.41) is 6.03. The van der Waals surface area contributed by atoms with E-state index in [0.29, 0.717) is 6.61 Å². The van der Waals surface area contributed by atoms with E-state index in [9.17, 15) is 13.2 Å². The molecule has 0 bridgehead atoms. The molecule has 8 heteroatoms. The van der Waals surface area contributed by atoms with E-state index in [2.05, 4.69) is 20.0 Å². The summed E-state index contributed by atoms with van der Waals surface area (Å²) < 4.78 is 46.3. The molecular weight excluding hydrogens is 251 g/mol. The number of methoxy groups -OCH3 is 1. The maximum absolute atomic E-state index is 12.3. The molecule has 0 radical (unpaired) electrons. The summed E-state index contributed by atoms with van der Waals surface area (Å²) in [5.74, 6) is -1.29. The van der Waals surface area contributed by atoms with Gasteiger partial charge in [-0.1, -0.05) is 12.1 Å². The van der Waals surface area contributed by atoms with E-state index >= 15 is 0 Å². The number of nitrogens with one attached hydrogen (secondary N) is 1. The summed E-state index contributed by atoms with van der Waals surface area (Å²) in [5.41, 5.74) is 0. The number of aromatic nitrogens is 2. The van der Waals surface area contributed by atoms with Crippen molar-refractivity contribution in [1.29, 1.82) is 0 Å². The van der Waals surface area contributed by atoms with Gasteiger partial charge in [-0.3, -0.25) is 0 Å². The number of ether oxygens (including phenoxy) is 1. The maximum Gasteiger partial charge on any atom is 0.455 e. The summed E-state index contributed by atoms with van der Waals surface area (Å²) in [7, 11) is 1.52. The van der Waals surface area contributed by atoms with Crippen LogP contribution in [-0.4, -0.2) is 36.4 Å². The third-order valence-electron chi connectivity index (χ3n) is 2.19. The molecule has 18 heavy (non-hydrogen) atoms. The van der Waals surface area contributed by atoms with Gasteiger partial charge in [-0.25, -0.2) is 0 Å². The molecule has 1 rings (SSSR count). The summed E-state index contributed by atoms with van der Waals surface area (Å²) in [6.07, 6.45) is -3.45. The van der Waals surface area contributed by atoms with Crippen molar-refractivity contribution >= 4 is 0 Å². The Balaban J connectivity index is 2.60. The van der Waals surface area contributed by atoms with Gasteiger partial charge in [-0.05, 0) is 13.0 Å². The fourth-order valence-electron chi connectivity index (χ4n) is 1.40. The molecule has 1 N–H and O–H groups in total. The van der Waals surface area contributed by atoms with Gasteiger partial charge in [-0.2, -0.15) is 18.2 Å². The summed E-state index contributed by atoms with van der Waals surface area (Å²) in [6, 6.07) is -0.142. The van der Waals surface area contributed by atoms with Crippen LogP contribution in [0.25, 0.3) is 0 Å². The molecule has 5 nitrogen and oxygen atoms in total. The molecule has 0 aliphatic rings. The number of alkyl halides is 3. The topological polar surface area (TPSA) is 60.2 Å². The van der Waals surface area contributed by atoms with Crippen LogP contribution in [0.3, 0.4) is 0 Å². The smallest absolute Gasteiger partial charge is 0.383 e. The molecule has 0 aliphatic heterocycles. The average Bonchev–Trinajstić information content (AvgIpc) is 2.74. The first kappa shape index (κ1) is 14.9. The first-order valence-corrected chi connectivity index (χ1v) is 5.59. The van der Waals surface area contributed by atoms with Crippen LogP contribution in [0.15, 0.2) is 4.52 Å². The van der Waals surface area contributed by atoms with Gasteiger partial charge in [0.15, 0.2) is 0 Å². The summed E-state index contributed by atoms with van der Waals surface area (Å²) in [6.45, 7) is 3.10. The highest BCUT2D eigenvalue weighted by Gasteiger charge is 2.37. The highest BCUT2D eigenvalue weighted by Crippen LogP contribution is 2.26. The van der Waals surface area contributed by atoms with Crippen molar-refractivity contribution in [1.82, 2.24) is 15.5 Å². The minimum Gasteiger partial charge on any atom is -0.383 e. The number of hydrogen-bond donors (Lipinski definition) is 1. The van der Waals surface area contributed by atoms with Gasteiger partial charge in [0.1, 0.15) is 0 Å². The van der Waals surface area contributed by atoms with Gasteiger partial charge in [0.05, 0.1) is 6.61 Å². The quantitative estimate of drug-likeness (QED) is 0.814. The zero-order valence-corrected chi connectivity index (χ0v) is 10.3.